The molecule has 3 heteroatoms. The highest BCUT2D eigenvalue weighted by Crippen LogP contribution is 2.42. The summed E-state index contributed by atoms with van der Waals surface area (Å²) in [5, 5.41) is 1.44. The molecule has 0 aromatic rings. The first-order valence-corrected chi connectivity index (χ1v) is 8.55. The molecular formula is C12H22O2Si. The van der Waals surface area contributed by atoms with Crippen LogP contribution >= 0.6 is 0 Å². The molecule has 1 atom stereocenters. The standard InChI is InChI=1S/C12H22O2Si/c1-9(10-7-8-11(13)14-10)15(5,6)12(2,3)4/h10H,1,7-8H2,2-6H3. The summed E-state index contributed by atoms with van der Waals surface area (Å²) in [5.41, 5.74) is 0. The van der Waals surface area contributed by atoms with Gasteiger partial charge in [0.2, 0.25) is 0 Å². The van der Waals surface area contributed by atoms with E-state index >= 15 is 0 Å². The summed E-state index contributed by atoms with van der Waals surface area (Å²) in [4.78, 5) is 11.1. The van der Waals surface area contributed by atoms with Gasteiger partial charge in [-0.2, -0.15) is 0 Å². The number of ether oxygens (including phenoxy) is 1. The minimum Gasteiger partial charge on any atom is -0.458 e. The van der Waals surface area contributed by atoms with Crippen molar-refractivity contribution in [3.05, 3.63) is 11.8 Å². The Hall–Kier alpha value is -0.573. The smallest absolute Gasteiger partial charge is 0.306 e. The van der Waals surface area contributed by atoms with E-state index in [9.17, 15) is 4.79 Å². The van der Waals surface area contributed by atoms with Crippen molar-refractivity contribution in [3.8, 4) is 0 Å². The van der Waals surface area contributed by atoms with Gasteiger partial charge in [-0.15, -0.1) is 6.58 Å². The number of esters is 1. The van der Waals surface area contributed by atoms with Crippen LogP contribution in [0.15, 0.2) is 11.8 Å². The van der Waals surface area contributed by atoms with Gasteiger partial charge < -0.3 is 4.74 Å². The molecule has 0 aromatic heterocycles. The number of cyclic esters (lactones) is 1. The van der Waals surface area contributed by atoms with Crippen molar-refractivity contribution in [1.29, 1.82) is 0 Å². The lowest BCUT2D eigenvalue weighted by atomic mass is 10.2. The van der Waals surface area contributed by atoms with Gasteiger partial charge in [0.25, 0.3) is 0 Å². The first-order valence-electron chi connectivity index (χ1n) is 5.55. The van der Waals surface area contributed by atoms with Gasteiger partial charge >= 0.3 is 5.97 Å². The van der Waals surface area contributed by atoms with E-state index in [2.05, 4.69) is 40.4 Å². The van der Waals surface area contributed by atoms with Crippen molar-refractivity contribution in [1.82, 2.24) is 0 Å². The van der Waals surface area contributed by atoms with Crippen LogP contribution in [0.3, 0.4) is 0 Å². The SMILES string of the molecule is C=C(C1CCC(=O)O1)[Si](C)(C)C(C)(C)C. The predicted molar refractivity (Wildman–Crippen MR) is 65.5 cm³/mol. The summed E-state index contributed by atoms with van der Waals surface area (Å²) in [5.74, 6) is -0.0696. The molecule has 0 bridgehead atoms. The molecule has 1 aliphatic rings. The molecule has 0 amide bonds. The van der Waals surface area contributed by atoms with Crippen LogP contribution < -0.4 is 0 Å². The minimum atomic E-state index is -1.57. The number of rotatable bonds is 2. The molecule has 0 N–H and O–H groups in total. The average Bonchev–Trinajstić information content (AvgIpc) is 2.48. The topological polar surface area (TPSA) is 26.3 Å². The molecule has 0 radical (unpaired) electrons. The lowest BCUT2D eigenvalue weighted by Crippen LogP contribution is -2.43. The van der Waals surface area contributed by atoms with Crippen molar-refractivity contribution < 1.29 is 9.53 Å². The summed E-state index contributed by atoms with van der Waals surface area (Å²) in [7, 11) is -1.57. The second-order valence-corrected chi connectivity index (χ2v) is 11.3. The third-order valence-corrected chi connectivity index (χ3v) is 9.63. The Morgan fingerprint density at radius 2 is 2.00 bits per heavy atom. The highest BCUT2D eigenvalue weighted by Gasteiger charge is 2.42. The maximum atomic E-state index is 11.1. The molecule has 0 saturated carbocycles. The van der Waals surface area contributed by atoms with Crippen LogP contribution in [-0.4, -0.2) is 20.1 Å². The van der Waals surface area contributed by atoms with Crippen molar-refractivity contribution in [2.24, 2.45) is 0 Å². The number of carbonyl (C=O) groups excluding carboxylic acids is 1. The van der Waals surface area contributed by atoms with Crippen LogP contribution in [0.1, 0.15) is 33.6 Å². The summed E-state index contributed by atoms with van der Waals surface area (Å²) in [6.07, 6.45) is 1.36. The predicted octanol–water partition coefficient (Wildman–Crippen LogP) is 3.30. The second kappa shape index (κ2) is 3.78. The Labute approximate surface area is 93.7 Å². The maximum absolute atomic E-state index is 11.1. The molecule has 86 valence electrons. The average molecular weight is 226 g/mol. The zero-order valence-corrected chi connectivity index (χ0v) is 11.5. The quantitative estimate of drug-likeness (QED) is 0.533. The Morgan fingerprint density at radius 3 is 2.33 bits per heavy atom. The fourth-order valence-corrected chi connectivity index (χ4v) is 3.63. The number of hydrogen-bond donors (Lipinski definition) is 0. The van der Waals surface area contributed by atoms with Gasteiger partial charge in [0, 0.05) is 6.42 Å². The largest absolute Gasteiger partial charge is 0.458 e. The third-order valence-electron chi connectivity index (χ3n) is 3.95. The molecule has 1 aliphatic heterocycles. The molecule has 2 nitrogen and oxygen atoms in total. The van der Waals surface area contributed by atoms with Crippen molar-refractivity contribution in [2.45, 2.75) is 57.8 Å². The summed E-state index contributed by atoms with van der Waals surface area (Å²) >= 11 is 0. The zero-order chi connectivity index (χ0) is 11.9. The first-order chi connectivity index (χ1) is 6.66. The van der Waals surface area contributed by atoms with E-state index in [-0.39, 0.29) is 17.1 Å². The monoisotopic (exact) mass is 226 g/mol. The lowest BCUT2D eigenvalue weighted by Gasteiger charge is -2.40. The van der Waals surface area contributed by atoms with E-state index < -0.39 is 8.07 Å². The molecule has 1 fully saturated rings. The fourth-order valence-electron chi connectivity index (χ4n) is 1.65. The highest BCUT2D eigenvalue weighted by atomic mass is 28.3. The van der Waals surface area contributed by atoms with Crippen LogP contribution in [0.4, 0.5) is 0 Å². The Bertz CT molecular complexity index is 286. The first kappa shape index (κ1) is 12.5. The van der Waals surface area contributed by atoms with Gasteiger partial charge in [-0.3, -0.25) is 4.79 Å². The van der Waals surface area contributed by atoms with Gasteiger partial charge in [-0.25, -0.2) is 0 Å². The van der Waals surface area contributed by atoms with Crippen LogP contribution in [-0.2, 0) is 9.53 Å². The molecule has 15 heavy (non-hydrogen) atoms. The van der Waals surface area contributed by atoms with E-state index in [1.165, 1.54) is 5.20 Å². The summed E-state index contributed by atoms with van der Waals surface area (Å²) < 4.78 is 5.30. The van der Waals surface area contributed by atoms with E-state index in [4.69, 9.17) is 4.74 Å². The van der Waals surface area contributed by atoms with Gasteiger partial charge in [0.05, 0.1) is 8.07 Å². The molecule has 1 unspecified atom stereocenters. The normalized spacial score (nSPS) is 22.7. The van der Waals surface area contributed by atoms with Crippen LogP contribution in [0.25, 0.3) is 0 Å². The van der Waals surface area contributed by atoms with Crippen LogP contribution in [0.2, 0.25) is 18.1 Å². The number of carbonyl (C=O) groups is 1. The molecule has 0 aliphatic carbocycles. The van der Waals surface area contributed by atoms with E-state index in [1.807, 2.05) is 0 Å². The Morgan fingerprint density at radius 1 is 1.47 bits per heavy atom. The van der Waals surface area contributed by atoms with E-state index in [1.54, 1.807) is 0 Å². The van der Waals surface area contributed by atoms with Gasteiger partial charge in [-0.05, 0) is 16.7 Å². The summed E-state index contributed by atoms with van der Waals surface area (Å²) in [6.45, 7) is 15.6. The molecule has 0 spiro atoms. The van der Waals surface area contributed by atoms with E-state index in [0.29, 0.717) is 6.42 Å². The molecule has 1 heterocycles. The summed E-state index contributed by atoms with van der Waals surface area (Å²) in [6, 6.07) is 0. The third kappa shape index (κ3) is 2.33. The maximum Gasteiger partial charge on any atom is 0.306 e. The molecule has 1 rings (SSSR count). The van der Waals surface area contributed by atoms with Gasteiger partial charge in [0.1, 0.15) is 6.10 Å². The van der Waals surface area contributed by atoms with Gasteiger partial charge in [0.15, 0.2) is 0 Å². The van der Waals surface area contributed by atoms with Crippen molar-refractivity contribution in [2.75, 3.05) is 0 Å². The zero-order valence-electron chi connectivity index (χ0n) is 10.5. The minimum absolute atomic E-state index is 0.0154. The van der Waals surface area contributed by atoms with Crippen LogP contribution in [0, 0.1) is 0 Å². The van der Waals surface area contributed by atoms with Gasteiger partial charge in [-0.1, -0.05) is 33.9 Å². The van der Waals surface area contributed by atoms with Crippen molar-refractivity contribution >= 4 is 14.0 Å². The molecule has 0 aromatic carbocycles. The van der Waals surface area contributed by atoms with Crippen LogP contribution in [0.5, 0.6) is 0 Å². The molecule has 1 saturated heterocycles. The number of hydrogen-bond acceptors (Lipinski definition) is 2. The highest BCUT2D eigenvalue weighted by molar-refractivity contribution is 6.86. The molecular weight excluding hydrogens is 204 g/mol. The lowest BCUT2D eigenvalue weighted by molar-refractivity contribution is -0.140. The Balaban J connectivity index is 2.80. The van der Waals surface area contributed by atoms with E-state index in [0.717, 1.165) is 6.42 Å². The second-order valence-electron chi connectivity index (χ2n) is 5.92. The fraction of sp³-hybridized carbons (Fsp3) is 0.750. The Kier molecular flexibility index (Phi) is 3.15. The van der Waals surface area contributed by atoms with Crippen molar-refractivity contribution in [3.63, 3.8) is 0 Å².